The third-order valence-corrected chi connectivity index (χ3v) is 4.21. The standard InChI is InChI=1S/C13H26N2.C2H6/c1-2-14-10-5-13(6-11-14)7-12-15-8-3-4-9-15;1-2/h13H,2-12H2,1H3;1-2H3. The van der Waals surface area contributed by atoms with Crippen molar-refractivity contribution < 1.29 is 0 Å². The van der Waals surface area contributed by atoms with Crippen molar-refractivity contribution in [1.29, 1.82) is 0 Å². The van der Waals surface area contributed by atoms with Crippen molar-refractivity contribution in [1.82, 2.24) is 9.80 Å². The molecule has 17 heavy (non-hydrogen) atoms. The first kappa shape index (κ1) is 15.0. The maximum atomic E-state index is 2.66. The van der Waals surface area contributed by atoms with Crippen LogP contribution in [0.3, 0.4) is 0 Å². The van der Waals surface area contributed by atoms with Crippen molar-refractivity contribution in [2.45, 2.75) is 52.9 Å². The zero-order chi connectivity index (χ0) is 12.5. The van der Waals surface area contributed by atoms with Gasteiger partial charge < -0.3 is 9.80 Å². The van der Waals surface area contributed by atoms with E-state index in [1.165, 1.54) is 71.4 Å². The lowest BCUT2D eigenvalue weighted by Gasteiger charge is -2.31. The van der Waals surface area contributed by atoms with Crippen LogP contribution >= 0.6 is 0 Å². The Kier molecular flexibility index (Phi) is 7.87. The molecule has 0 aromatic heterocycles. The summed E-state index contributed by atoms with van der Waals surface area (Å²) >= 11 is 0. The van der Waals surface area contributed by atoms with Gasteiger partial charge in [0.15, 0.2) is 0 Å². The van der Waals surface area contributed by atoms with E-state index in [9.17, 15) is 0 Å². The van der Waals surface area contributed by atoms with Gasteiger partial charge in [-0.05, 0) is 77.3 Å². The SMILES string of the molecule is CC.CCN1CCC(CCN2CCCC2)CC1. The molecule has 2 aliphatic rings. The zero-order valence-corrected chi connectivity index (χ0v) is 12.2. The maximum absolute atomic E-state index is 2.66. The highest BCUT2D eigenvalue weighted by atomic mass is 15.1. The number of likely N-dealkylation sites (tertiary alicyclic amines) is 2. The Hall–Kier alpha value is -0.0800. The van der Waals surface area contributed by atoms with Gasteiger partial charge in [-0.2, -0.15) is 0 Å². The van der Waals surface area contributed by atoms with Gasteiger partial charge in [0.2, 0.25) is 0 Å². The van der Waals surface area contributed by atoms with Gasteiger partial charge in [0, 0.05) is 0 Å². The van der Waals surface area contributed by atoms with Crippen molar-refractivity contribution in [2.24, 2.45) is 5.92 Å². The van der Waals surface area contributed by atoms with Gasteiger partial charge in [-0.3, -0.25) is 0 Å². The lowest BCUT2D eigenvalue weighted by atomic mass is 9.93. The van der Waals surface area contributed by atoms with Gasteiger partial charge >= 0.3 is 0 Å². The highest BCUT2D eigenvalue weighted by molar-refractivity contribution is 4.74. The molecule has 0 aromatic rings. The van der Waals surface area contributed by atoms with Gasteiger partial charge in [0.1, 0.15) is 0 Å². The van der Waals surface area contributed by atoms with E-state index in [0.717, 1.165) is 5.92 Å². The second-order valence-electron chi connectivity index (χ2n) is 5.22. The van der Waals surface area contributed by atoms with E-state index >= 15 is 0 Å². The van der Waals surface area contributed by atoms with Crippen LogP contribution in [0.15, 0.2) is 0 Å². The van der Waals surface area contributed by atoms with Gasteiger partial charge in [-0.15, -0.1) is 0 Å². The summed E-state index contributed by atoms with van der Waals surface area (Å²) in [6.45, 7) is 14.3. The summed E-state index contributed by atoms with van der Waals surface area (Å²) in [5.41, 5.74) is 0. The van der Waals surface area contributed by atoms with E-state index in [4.69, 9.17) is 0 Å². The van der Waals surface area contributed by atoms with Crippen LogP contribution in [0.4, 0.5) is 0 Å². The minimum Gasteiger partial charge on any atom is -0.304 e. The molecular formula is C15H32N2. The van der Waals surface area contributed by atoms with Crippen LogP contribution in [-0.2, 0) is 0 Å². The topological polar surface area (TPSA) is 6.48 Å². The molecule has 2 rings (SSSR count). The molecule has 0 aliphatic carbocycles. The van der Waals surface area contributed by atoms with Crippen LogP contribution < -0.4 is 0 Å². The Morgan fingerprint density at radius 1 is 0.882 bits per heavy atom. The summed E-state index contributed by atoms with van der Waals surface area (Å²) in [6, 6.07) is 0. The van der Waals surface area contributed by atoms with Crippen molar-refractivity contribution >= 4 is 0 Å². The molecule has 2 heteroatoms. The molecule has 0 spiro atoms. The summed E-state index contributed by atoms with van der Waals surface area (Å²) in [6.07, 6.45) is 7.23. The van der Waals surface area contributed by atoms with Crippen molar-refractivity contribution in [3.05, 3.63) is 0 Å². The molecule has 0 unspecified atom stereocenters. The van der Waals surface area contributed by atoms with Crippen LogP contribution in [0, 0.1) is 5.92 Å². The van der Waals surface area contributed by atoms with E-state index < -0.39 is 0 Å². The zero-order valence-electron chi connectivity index (χ0n) is 12.2. The Labute approximate surface area is 108 Å². The molecule has 102 valence electrons. The van der Waals surface area contributed by atoms with Crippen LogP contribution in [0.2, 0.25) is 0 Å². The van der Waals surface area contributed by atoms with Crippen molar-refractivity contribution in [2.75, 3.05) is 39.3 Å². The molecule has 0 aromatic carbocycles. The molecule has 0 amide bonds. The second kappa shape index (κ2) is 8.93. The first-order valence-electron chi connectivity index (χ1n) is 7.83. The Morgan fingerprint density at radius 2 is 1.47 bits per heavy atom. The fraction of sp³-hybridized carbons (Fsp3) is 1.00. The molecule has 2 aliphatic heterocycles. The second-order valence-corrected chi connectivity index (χ2v) is 5.22. The number of hydrogen-bond donors (Lipinski definition) is 0. The summed E-state index contributed by atoms with van der Waals surface area (Å²) in [5.74, 6) is 1.02. The first-order valence-corrected chi connectivity index (χ1v) is 7.83. The first-order chi connectivity index (χ1) is 8.38. The molecule has 0 N–H and O–H groups in total. The number of hydrogen-bond acceptors (Lipinski definition) is 2. The molecule has 2 nitrogen and oxygen atoms in total. The van der Waals surface area contributed by atoms with E-state index in [1.54, 1.807) is 0 Å². The summed E-state index contributed by atoms with van der Waals surface area (Å²) in [5, 5.41) is 0. The Balaban J connectivity index is 0.000000686. The molecule has 0 saturated carbocycles. The van der Waals surface area contributed by atoms with E-state index in [-0.39, 0.29) is 0 Å². The van der Waals surface area contributed by atoms with Crippen molar-refractivity contribution in [3.8, 4) is 0 Å². The minimum absolute atomic E-state index is 1.02. The molecule has 0 radical (unpaired) electrons. The predicted octanol–water partition coefficient (Wildman–Crippen LogP) is 3.23. The van der Waals surface area contributed by atoms with Crippen LogP contribution in [0.5, 0.6) is 0 Å². The van der Waals surface area contributed by atoms with Gasteiger partial charge in [0.25, 0.3) is 0 Å². The monoisotopic (exact) mass is 240 g/mol. The fourth-order valence-electron chi connectivity index (χ4n) is 2.96. The van der Waals surface area contributed by atoms with Gasteiger partial charge in [0.05, 0.1) is 0 Å². The maximum Gasteiger partial charge on any atom is -0.00161 e. The number of piperidine rings is 1. The van der Waals surface area contributed by atoms with E-state index in [2.05, 4.69) is 16.7 Å². The lowest BCUT2D eigenvalue weighted by molar-refractivity contribution is 0.175. The van der Waals surface area contributed by atoms with Gasteiger partial charge in [-0.25, -0.2) is 0 Å². The highest BCUT2D eigenvalue weighted by Crippen LogP contribution is 2.21. The Morgan fingerprint density at radius 3 is 2.00 bits per heavy atom. The van der Waals surface area contributed by atoms with Crippen LogP contribution in [0.25, 0.3) is 0 Å². The summed E-state index contributed by atoms with van der Waals surface area (Å²) in [7, 11) is 0. The van der Waals surface area contributed by atoms with E-state index in [0.29, 0.717) is 0 Å². The molecule has 2 heterocycles. The Bertz CT molecular complexity index is 168. The normalized spacial score (nSPS) is 23.5. The molecule has 2 saturated heterocycles. The smallest absolute Gasteiger partial charge is 0.00161 e. The molecule has 0 atom stereocenters. The third-order valence-electron chi connectivity index (χ3n) is 4.21. The largest absolute Gasteiger partial charge is 0.304 e. The van der Waals surface area contributed by atoms with Crippen LogP contribution in [0.1, 0.15) is 52.9 Å². The summed E-state index contributed by atoms with van der Waals surface area (Å²) < 4.78 is 0. The number of nitrogens with zero attached hydrogens (tertiary/aromatic N) is 2. The molecule has 2 fully saturated rings. The van der Waals surface area contributed by atoms with Gasteiger partial charge in [-0.1, -0.05) is 20.8 Å². The fourth-order valence-corrected chi connectivity index (χ4v) is 2.96. The van der Waals surface area contributed by atoms with Crippen LogP contribution in [-0.4, -0.2) is 49.1 Å². The lowest BCUT2D eigenvalue weighted by Crippen LogP contribution is -2.34. The third kappa shape index (κ3) is 5.39. The van der Waals surface area contributed by atoms with Crippen molar-refractivity contribution in [3.63, 3.8) is 0 Å². The average molecular weight is 240 g/mol. The number of rotatable bonds is 4. The average Bonchev–Trinajstić information content (AvgIpc) is 2.92. The highest BCUT2D eigenvalue weighted by Gasteiger charge is 2.19. The molecular weight excluding hydrogens is 208 g/mol. The minimum atomic E-state index is 1.02. The predicted molar refractivity (Wildman–Crippen MR) is 76.5 cm³/mol. The quantitative estimate of drug-likeness (QED) is 0.744. The summed E-state index contributed by atoms with van der Waals surface area (Å²) in [4.78, 5) is 5.25. The van der Waals surface area contributed by atoms with E-state index in [1.807, 2.05) is 13.8 Å². The molecule has 0 bridgehead atoms.